The number of nitrogens with one attached hydrogen (secondary N) is 1. The van der Waals surface area contributed by atoms with Crippen molar-refractivity contribution in [2.24, 2.45) is 0 Å². The van der Waals surface area contributed by atoms with Crippen LogP contribution in [0.15, 0.2) is 47.4 Å². The Kier molecular flexibility index (Phi) is 4.66. The predicted octanol–water partition coefficient (Wildman–Crippen LogP) is 3.40. The summed E-state index contributed by atoms with van der Waals surface area (Å²) in [5.41, 5.74) is 2.47. The van der Waals surface area contributed by atoms with E-state index >= 15 is 0 Å². The molecule has 1 N–H and O–H groups in total. The first-order valence-electron chi connectivity index (χ1n) is 8.02. The van der Waals surface area contributed by atoms with Gasteiger partial charge in [0.1, 0.15) is 10.6 Å². The third kappa shape index (κ3) is 3.48. The van der Waals surface area contributed by atoms with E-state index in [1.807, 2.05) is 31.2 Å². The van der Waals surface area contributed by atoms with Gasteiger partial charge < -0.3 is 9.64 Å². The number of nitrogens with zero attached hydrogens (tertiary/aromatic N) is 1. The Bertz CT molecular complexity index is 828. The summed E-state index contributed by atoms with van der Waals surface area (Å²) in [6, 6.07) is 12.6. The van der Waals surface area contributed by atoms with Crippen LogP contribution in [0.2, 0.25) is 0 Å². The Morgan fingerprint density at radius 3 is 2.54 bits per heavy atom. The molecule has 24 heavy (non-hydrogen) atoms. The Balaban J connectivity index is 1.90. The Morgan fingerprint density at radius 1 is 1.08 bits per heavy atom. The van der Waals surface area contributed by atoms with Gasteiger partial charge in [-0.15, -0.1) is 0 Å². The maximum atomic E-state index is 12.8. The van der Waals surface area contributed by atoms with Crippen molar-refractivity contribution in [3.8, 4) is 5.75 Å². The number of methoxy groups -OCH3 is 1. The highest BCUT2D eigenvalue weighted by atomic mass is 32.2. The van der Waals surface area contributed by atoms with E-state index in [9.17, 15) is 8.42 Å². The molecule has 1 aliphatic rings. The molecular weight excluding hydrogens is 324 g/mol. The average molecular weight is 346 g/mol. The van der Waals surface area contributed by atoms with Gasteiger partial charge in [0.05, 0.1) is 12.8 Å². The third-order valence-electron chi connectivity index (χ3n) is 4.18. The van der Waals surface area contributed by atoms with E-state index in [-0.39, 0.29) is 4.90 Å². The summed E-state index contributed by atoms with van der Waals surface area (Å²) in [5, 5.41) is 0. The van der Waals surface area contributed by atoms with Crippen LogP contribution in [0.1, 0.15) is 18.4 Å². The van der Waals surface area contributed by atoms with E-state index in [1.54, 1.807) is 18.2 Å². The molecule has 1 saturated heterocycles. The van der Waals surface area contributed by atoms with Gasteiger partial charge in [0, 0.05) is 18.8 Å². The second kappa shape index (κ2) is 6.73. The molecule has 0 aromatic heterocycles. The zero-order valence-corrected chi connectivity index (χ0v) is 14.8. The van der Waals surface area contributed by atoms with Crippen molar-refractivity contribution >= 4 is 21.4 Å². The molecule has 0 amide bonds. The van der Waals surface area contributed by atoms with E-state index in [0.717, 1.165) is 24.3 Å². The van der Waals surface area contributed by atoms with Crippen molar-refractivity contribution in [2.45, 2.75) is 24.7 Å². The third-order valence-corrected chi connectivity index (χ3v) is 5.58. The minimum atomic E-state index is -3.71. The Hall–Kier alpha value is -2.21. The predicted molar refractivity (Wildman–Crippen MR) is 96.4 cm³/mol. The van der Waals surface area contributed by atoms with Crippen molar-refractivity contribution in [3.63, 3.8) is 0 Å². The maximum Gasteiger partial charge on any atom is 0.265 e. The van der Waals surface area contributed by atoms with Crippen LogP contribution in [-0.2, 0) is 10.0 Å². The SMILES string of the molecule is COc1ccc(C)cc1S(=O)(=O)Nc1cccc(N2CCCC2)c1. The lowest BCUT2D eigenvalue weighted by molar-refractivity contribution is 0.402. The van der Waals surface area contributed by atoms with Gasteiger partial charge in [0.2, 0.25) is 0 Å². The summed E-state index contributed by atoms with van der Waals surface area (Å²) >= 11 is 0. The quantitative estimate of drug-likeness (QED) is 0.901. The zero-order valence-electron chi connectivity index (χ0n) is 14.0. The van der Waals surface area contributed by atoms with Gasteiger partial charge in [-0.25, -0.2) is 8.42 Å². The number of hydrogen-bond donors (Lipinski definition) is 1. The van der Waals surface area contributed by atoms with Crippen molar-refractivity contribution in [3.05, 3.63) is 48.0 Å². The Labute approximate surface area is 143 Å². The van der Waals surface area contributed by atoms with Gasteiger partial charge in [-0.05, 0) is 55.7 Å². The van der Waals surface area contributed by atoms with E-state index < -0.39 is 10.0 Å². The first-order valence-corrected chi connectivity index (χ1v) is 9.50. The van der Waals surface area contributed by atoms with Crippen LogP contribution in [0.3, 0.4) is 0 Å². The first kappa shape index (κ1) is 16.6. The topological polar surface area (TPSA) is 58.6 Å². The second-order valence-electron chi connectivity index (χ2n) is 6.00. The van der Waals surface area contributed by atoms with Gasteiger partial charge in [-0.2, -0.15) is 0 Å². The van der Waals surface area contributed by atoms with Crippen LogP contribution in [0.25, 0.3) is 0 Å². The molecule has 0 spiro atoms. The van der Waals surface area contributed by atoms with Crippen LogP contribution in [0, 0.1) is 6.92 Å². The van der Waals surface area contributed by atoms with Crippen molar-refractivity contribution in [2.75, 3.05) is 29.8 Å². The number of anilines is 2. The van der Waals surface area contributed by atoms with Crippen LogP contribution in [0.4, 0.5) is 11.4 Å². The number of benzene rings is 2. The summed E-state index contributed by atoms with van der Waals surface area (Å²) in [6.07, 6.45) is 2.35. The zero-order chi connectivity index (χ0) is 17.2. The second-order valence-corrected chi connectivity index (χ2v) is 7.66. The van der Waals surface area contributed by atoms with Crippen LogP contribution < -0.4 is 14.4 Å². The number of ether oxygens (including phenoxy) is 1. The van der Waals surface area contributed by atoms with Gasteiger partial charge >= 0.3 is 0 Å². The lowest BCUT2D eigenvalue weighted by Gasteiger charge is -2.19. The molecule has 0 unspecified atom stereocenters. The molecular formula is C18H22N2O3S. The fraction of sp³-hybridized carbons (Fsp3) is 0.333. The van der Waals surface area contributed by atoms with Crippen molar-refractivity contribution in [1.29, 1.82) is 0 Å². The van der Waals surface area contributed by atoms with Crippen molar-refractivity contribution < 1.29 is 13.2 Å². The summed E-state index contributed by atoms with van der Waals surface area (Å²) in [7, 11) is -2.24. The highest BCUT2D eigenvalue weighted by molar-refractivity contribution is 7.92. The van der Waals surface area contributed by atoms with Gasteiger partial charge in [-0.1, -0.05) is 12.1 Å². The largest absolute Gasteiger partial charge is 0.495 e. The molecule has 3 rings (SSSR count). The summed E-state index contributed by atoms with van der Waals surface area (Å²) in [6.45, 7) is 3.89. The van der Waals surface area contributed by atoms with E-state index in [1.165, 1.54) is 20.0 Å². The lowest BCUT2D eigenvalue weighted by atomic mass is 10.2. The first-order chi connectivity index (χ1) is 11.5. The van der Waals surface area contributed by atoms with Gasteiger partial charge in [-0.3, -0.25) is 4.72 Å². The summed E-state index contributed by atoms with van der Waals surface area (Å²) < 4.78 is 33.4. The summed E-state index contributed by atoms with van der Waals surface area (Å²) in [4.78, 5) is 2.42. The molecule has 1 aliphatic heterocycles. The smallest absolute Gasteiger partial charge is 0.265 e. The number of rotatable bonds is 5. The fourth-order valence-corrected chi connectivity index (χ4v) is 4.25. The highest BCUT2D eigenvalue weighted by Crippen LogP contribution is 2.28. The minimum Gasteiger partial charge on any atom is -0.495 e. The van der Waals surface area contributed by atoms with Crippen LogP contribution in [-0.4, -0.2) is 28.6 Å². The molecule has 5 nitrogen and oxygen atoms in total. The van der Waals surface area contributed by atoms with E-state index in [4.69, 9.17) is 4.74 Å². The molecule has 2 aromatic rings. The Morgan fingerprint density at radius 2 is 1.83 bits per heavy atom. The fourth-order valence-electron chi connectivity index (χ4n) is 2.95. The average Bonchev–Trinajstić information content (AvgIpc) is 3.09. The summed E-state index contributed by atoms with van der Waals surface area (Å²) in [5.74, 6) is 0.337. The van der Waals surface area contributed by atoms with Gasteiger partial charge in [0.15, 0.2) is 0 Å². The highest BCUT2D eigenvalue weighted by Gasteiger charge is 2.20. The molecule has 0 atom stereocenters. The molecule has 1 heterocycles. The molecule has 6 heteroatoms. The molecule has 0 bridgehead atoms. The molecule has 0 aliphatic carbocycles. The maximum absolute atomic E-state index is 12.8. The molecule has 0 saturated carbocycles. The van der Waals surface area contributed by atoms with Crippen molar-refractivity contribution in [1.82, 2.24) is 0 Å². The monoisotopic (exact) mass is 346 g/mol. The van der Waals surface area contributed by atoms with Gasteiger partial charge in [0.25, 0.3) is 10.0 Å². The molecule has 2 aromatic carbocycles. The van der Waals surface area contributed by atoms with E-state index in [0.29, 0.717) is 11.4 Å². The van der Waals surface area contributed by atoms with Crippen LogP contribution in [0.5, 0.6) is 5.75 Å². The minimum absolute atomic E-state index is 0.150. The lowest BCUT2D eigenvalue weighted by Crippen LogP contribution is -2.18. The molecule has 1 fully saturated rings. The standard InChI is InChI=1S/C18H22N2O3S/c1-14-8-9-17(23-2)18(12-14)24(21,22)19-15-6-5-7-16(13-15)20-10-3-4-11-20/h5-9,12-13,19H,3-4,10-11H2,1-2H3. The van der Waals surface area contributed by atoms with E-state index in [2.05, 4.69) is 9.62 Å². The van der Waals surface area contributed by atoms with Crippen LogP contribution >= 0.6 is 0 Å². The molecule has 128 valence electrons. The normalized spacial score (nSPS) is 14.7. The number of sulfonamides is 1. The molecule has 0 radical (unpaired) electrons. The number of aryl methyl sites for hydroxylation is 1. The number of hydrogen-bond acceptors (Lipinski definition) is 4.